The minimum Gasteiger partial charge on any atom is -0.507 e. The molecule has 0 spiro atoms. The maximum atomic E-state index is 13.3. The number of carbonyl (C=O) groups excluding carboxylic acids is 2. The van der Waals surface area contributed by atoms with E-state index in [1.54, 1.807) is 18.5 Å². The SMILES string of the molecule is C[C@@H]1Cc2cc(/C(O)=C3\C(=O)C(=O)N(Cc4ccncc4)[C@H]3c3ccc(N(C)C)cc3)ccc2O1. The Labute approximate surface area is 204 Å². The third-order valence-corrected chi connectivity index (χ3v) is 6.54. The quantitative estimate of drug-likeness (QED) is 0.344. The summed E-state index contributed by atoms with van der Waals surface area (Å²) < 4.78 is 5.77. The van der Waals surface area contributed by atoms with Crippen LogP contribution >= 0.6 is 0 Å². The van der Waals surface area contributed by atoms with Gasteiger partial charge in [-0.25, -0.2) is 0 Å². The number of ketones is 1. The fraction of sp³-hybridized carbons (Fsp3) is 0.250. The fourth-order valence-corrected chi connectivity index (χ4v) is 4.75. The molecule has 1 amide bonds. The van der Waals surface area contributed by atoms with Gasteiger partial charge in [0, 0.05) is 50.7 Å². The van der Waals surface area contributed by atoms with Crippen LogP contribution < -0.4 is 9.64 Å². The maximum absolute atomic E-state index is 13.3. The molecule has 7 nitrogen and oxygen atoms in total. The molecule has 1 fully saturated rings. The van der Waals surface area contributed by atoms with Crippen molar-refractivity contribution >= 4 is 23.1 Å². The molecule has 0 saturated carbocycles. The molecule has 3 aromatic rings. The second-order valence-corrected chi connectivity index (χ2v) is 9.22. The summed E-state index contributed by atoms with van der Waals surface area (Å²) in [7, 11) is 3.89. The van der Waals surface area contributed by atoms with Gasteiger partial charge in [0.1, 0.15) is 17.6 Å². The van der Waals surface area contributed by atoms with Crippen LogP contribution in [0.1, 0.15) is 35.2 Å². The number of anilines is 1. The van der Waals surface area contributed by atoms with E-state index in [2.05, 4.69) is 4.98 Å². The number of hydrogen-bond donors (Lipinski definition) is 1. The standard InChI is InChI=1S/C28H27N3O4/c1-17-14-21-15-20(6-9-23(21)35-17)26(32)24-25(19-4-7-22(8-5-19)30(2)3)31(28(34)27(24)33)16-18-10-12-29-13-11-18/h4-13,15,17,25,32H,14,16H2,1-3H3/b26-24+/t17-,25+/m1/s1. The van der Waals surface area contributed by atoms with Crippen LogP contribution in [0.25, 0.3) is 5.76 Å². The van der Waals surface area contributed by atoms with Crippen molar-refractivity contribution < 1.29 is 19.4 Å². The number of carbonyl (C=O) groups is 2. The van der Waals surface area contributed by atoms with Crippen LogP contribution in [0.5, 0.6) is 5.75 Å². The molecule has 2 aliphatic heterocycles. The molecule has 1 saturated heterocycles. The molecule has 1 N–H and O–H groups in total. The number of Topliss-reactive ketones (excluding diaryl/α,β-unsaturated/α-hetero) is 1. The van der Waals surface area contributed by atoms with Gasteiger partial charge in [0.15, 0.2) is 0 Å². The number of hydrogen-bond acceptors (Lipinski definition) is 6. The number of benzene rings is 2. The Morgan fingerprint density at radius 1 is 1.09 bits per heavy atom. The van der Waals surface area contributed by atoms with Gasteiger partial charge in [-0.1, -0.05) is 12.1 Å². The largest absolute Gasteiger partial charge is 0.507 e. The highest BCUT2D eigenvalue weighted by atomic mass is 16.5. The van der Waals surface area contributed by atoms with E-state index in [0.29, 0.717) is 5.56 Å². The Bertz CT molecular complexity index is 1320. The third-order valence-electron chi connectivity index (χ3n) is 6.54. The fourth-order valence-electron chi connectivity index (χ4n) is 4.75. The minimum atomic E-state index is -0.720. The zero-order valence-electron chi connectivity index (χ0n) is 19.9. The Kier molecular flexibility index (Phi) is 5.76. The van der Waals surface area contributed by atoms with E-state index in [4.69, 9.17) is 4.74 Å². The molecule has 178 valence electrons. The highest BCUT2D eigenvalue weighted by Gasteiger charge is 2.46. The first-order valence-corrected chi connectivity index (χ1v) is 11.6. The number of aromatic nitrogens is 1. The Morgan fingerprint density at radius 2 is 1.80 bits per heavy atom. The summed E-state index contributed by atoms with van der Waals surface area (Å²) in [5.41, 5.74) is 4.16. The zero-order valence-corrected chi connectivity index (χ0v) is 19.9. The number of likely N-dealkylation sites (tertiary alicyclic amines) is 1. The number of aliphatic hydroxyl groups excluding tert-OH is 1. The van der Waals surface area contributed by atoms with E-state index in [1.807, 2.05) is 74.4 Å². The molecule has 0 unspecified atom stereocenters. The van der Waals surface area contributed by atoms with Crippen LogP contribution in [0.3, 0.4) is 0 Å². The van der Waals surface area contributed by atoms with Crippen LogP contribution in [0, 0.1) is 0 Å². The predicted octanol–water partition coefficient (Wildman–Crippen LogP) is 4.09. The zero-order chi connectivity index (χ0) is 24.7. The highest BCUT2D eigenvalue weighted by molar-refractivity contribution is 6.46. The molecule has 5 rings (SSSR count). The number of fused-ring (bicyclic) bond motifs is 1. The van der Waals surface area contributed by atoms with Gasteiger partial charge in [-0.15, -0.1) is 0 Å². The van der Waals surface area contributed by atoms with Crippen LogP contribution in [0.4, 0.5) is 5.69 Å². The topological polar surface area (TPSA) is 83.0 Å². The van der Waals surface area contributed by atoms with Gasteiger partial charge in [0.05, 0.1) is 11.6 Å². The molecule has 0 bridgehead atoms. The lowest BCUT2D eigenvalue weighted by Gasteiger charge is -2.26. The molecule has 2 aliphatic rings. The summed E-state index contributed by atoms with van der Waals surface area (Å²) in [6.07, 6.45) is 4.09. The van der Waals surface area contributed by atoms with Gasteiger partial charge in [-0.2, -0.15) is 0 Å². The Hall–Kier alpha value is -4.13. The lowest BCUT2D eigenvalue weighted by molar-refractivity contribution is -0.140. The number of amides is 1. The lowest BCUT2D eigenvalue weighted by Crippen LogP contribution is -2.29. The molecular weight excluding hydrogens is 442 g/mol. The van der Waals surface area contributed by atoms with Crippen molar-refractivity contribution in [1.82, 2.24) is 9.88 Å². The maximum Gasteiger partial charge on any atom is 0.295 e. The normalized spacial score (nSPS) is 20.6. The highest BCUT2D eigenvalue weighted by Crippen LogP contribution is 2.41. The van der Waals surface area contributed by atoms with Crippen molar-refractivity contribution in [2.45, 2.75) is 32.0 Å². The van der Waals surface area contributed by atoms with Gasteiger partial charge in [0.2, 0.25) is 0 Å². The summed E-state index contributed by atoms with van der Waals surface area (Å²) >= 11 is 0. The first-order valence-electron chi connectivity index (χ1n) is 11.6. The monoisotopic (exact) mass is 469 g/mol. The Morgan fingerprint density at radius 3 is 2.49 bits per heavy atom. The van der Waals surface area contributed by atoms with Crippen molar-refractivity contribution in [2.24, 2.45) is 0 Å². The third kappa shape index (κ3) is 4.14. The predicted molar refractivity (Wildman–Crippen MR) is 133 cm³/mol. The number of nitrogens with zero attached hydrogens (tertiary/aromatic N) is 3. The average molecular weight is 470 g/mol. The van der Waals surface area contributed by atoms with Crippen LogP contribution in [-0.4, -0.2) is 46.9 Å². The van der Waals surface area contributed by atoms with Crippen molar-refractivity contribution in [3.8, 4) is 5.75 Å². The van der Waals surface area contributed by atoms with Crippen LogP contribution in [-0.2, 0) is 22.6 Å². The Balaban J connectivity index is 1.62. The number of rotatable bonds is 5. The van der Waals surface area contributed by atoms with E-state index in [9.17, 15) is 14.7 Å². The van der Waals surface area contributed by atoms with E-state index in [1.165, 1.54) is 4.90 Å². The summed E-state index contributed by atoms with van der Waals surface area (Å²) in [6.45, 7) is 2.21. The molecule has 2 atom stereocenters. The van der Waals surface area contributed by atoms with Crippen LogP contribution in [0.15, 0.2) is 72.6 Å². The van der Waals surface area contributed by atoms with Gasteiger partial charge >= 0.3 is 0 Å². The van der Waals surface area contributed by atoms with Crippen molar-refractivity contribution in [1.29, 1.82) is 0 Å². The van der Waals surface area contributed by atoms with Gasteiger partial charge in [-0.3, -0.25) is 14.6 Å². The molecular formula is C28H27N3O4. The summed E-state index contributed by atoms with van der Waals surface area (Å²) in [4.78, 5) is 34.1. The second-order valence-electron chi connectivity index (χ2n) is 9.22. The average Bonchev–Trinajstić information content (AvgIpc) is 3.35. The number of pyridine rings is 1. The molecule has 0 radical (unpaired) electrons. The van der Waals surface area contributed by atoms with Crippen molar-refractivity contribution in [2.75, 3.05) is 19.0 Å². The van der Waals surface area contributed by atoms with Gasteiger partial charge in [-0.05, 0) is 66.1 Å². The molecule has 35 heavy (non-hydrogen) atoms. The summed E-state index contributed by atoms with van der Waals surface area (Å²) in [6, 6.07) is 16.0. The van der Waals surface area contributed by atoms with E-state index < -0.39 is 17.7 Å². The minimum absolute atomic E-state index is 0.0588. The number of ether oxygens (including phenoxy) is 1. The molecule has 2 aromatic carbocycles. The van der Waals surface area contributed by atoms with E-state index in [-0.39, 0.29) is 24.0 Å². The van der Waals surface area contributed by atoms with E-state index >= 15 is 0 Å². The summed E-state index contributed by atoms with van der Waals surface area (Å²) in [5, 5.41) is 11.4. The first kappa shape index (κ1) is 22.7. The summed E-state index contributed by atoms with van der Waals surface area (Å²) in [5.74, 6) is -0.723. The van der Waals surface area contributed by atoms with Crippen LogP contribution in [0.2, 0.25) is 0 Å². The van der Waals surface area contributed by atoms with Crippen molar-refractivity contribution in [3.63, 3.8) is 0 Å². The second kappa shape index (κ2) is 8.91. The first-order chi connectivity index (χ1) is 16.8. The number of aliphatic hydroxyl groups is 1. The smallest absolute Gasteiger partial charge is 0.295 e. The van der Waals surface area contributed by atoms with Crippen molar-refractivity contribution in [3.05, 3.63) is 94.8 Å². The lowest BCUT2D eigenvalue weighted by atomic mass is 9.94. The van der Waals surface area contributed by atoms with Gasteiger partial charge < -0.3 is 19.6 Å². The molecule has 0 aliphatic carbocycles. The molecule has 1 aromatic heterocycles. The molecule has 3 heterocycles. The molecule has 7 heteroatoms. The van der Waals surface area contributed by atoms with E-state index in [0.717, 1.165) is 34.5 Å². The van der Waals surface area contributed by atoms with Gasteiger partial charge in [0.25, 0.3) is 11.7 Å².